The van der Waals surface area contributed by atoms with Gasteiger partial charge >= 0.3 is 0 Å². The molecule has 116 valence electrons. The molecule has 2 aromatic rings. The van der Waals surface area contributed by atoms with Crippen LogP contribution < -0.4 is 10.6 Å². The van der Waals surface area contributed by atoms with Crippen LogP contribution in [0, 0.1) is 24.0 Å². The number of amides is 2. The highest BCUT2D eigenvalue weighted by Crippen LogP contribution is 2.10. The third kappa shape index (κ3) is 4.38. The lowest BCUT2D eigenvalue weighted by atomic mass is 10.2. The average Bonchev–Trinajstić information content (AvgIpc) is 2.53. The molecule has 2 aromatic carbocycles. The molecule has 6 heteroatoms. The molecule has 0 saturated heterocycles. The maximum absolute atomic E-state index is 13.4. The Morgan fingerprint density at radius 1 is 1.13 bits per heavy atom. The second-order valence-corrected chi connectivity index (χ2v) is 4.58. The van der Waals surface area contributed by atoms with Crippen molar-refractivity contribution in [1.82, 2.24) is 5.32 Å². The molecule has 0 aromatic heterocycles. The minimum absolute atomic E-state index is 0.339. The van der Waals surface area contributed by atoms with E-state index in [1.54, 1.807) is 24.3 Å². The van der Waals surface area contributed by atoms with E-state index in [2.05, 4.69) is 16.6 Å². The predicted molar refractivity (Wildman–Crippen MR) is 81.7 cm³/mol. The Kier molecular flexibility index (Phi) is 5.05. The lowest BCUT2D eigenvalue weighted by Gasteiger charge is -2.08. The maximum Gasteiger partial charge on any atom is 0.254 e. The van der Waals surface area contributed by atoms with E-state index in [0.29, 0.717) is 17.3 Å². The first-order valence-electron chi connectivity index (χ1n) is 6.59. The average molecular weight is 314 g/mol. The van der Waals surface area contributed by atoms with E-state index < -0.39 is 23.4 Å². The molecule has 2 N–H and O–H groups in total. The van der Waals surface area contributed by atoms with Gasteiger partial charge in [0.2, 0.25) is 5.91 Å². The van der Waals surface area contributed by atoms with Crippen molar-refractivity contribution in [2.45, 2.75) is 0 Å². The molecule has 2 amide bonds. The third-order valence-electron chi connectivity index (χ3n) is 2.90. The number of hydrogen-bond donors (Lipinski definition) is 2. The largest absolute Gasteiger partial charge is 0.343 e. The van der Waals surface area contributed by atoms with Crippen LogP contribution in [0.2, 0.25) is 0 Å². The van der Waals surface area contributed by atoms with Gasteiger partial charge in [-0.2, -0.15) is 0 Å². The van der Waals surface area contributed by atoms with Crippen LogP contribution >= 0.6 is 0 Å². The Labute approximate surface area is 131 Å². The summed E-state index contributed by atoms with van der Waals surface area (Å²) < 4.78 is 26.2. The molecule has 0 bridgehead atoms. The van der Waals surface area contributed by atoms with Gasteiger partial charge in [-0.15, -0.1) is 6.42 Å². The molecule has 0 saturated carbocycles. The quantitative estimate of drug-likeness (QED) is 0.851. The number of carbonyl (C=O) groups excluding carboxylic acids is 2. The first kappa shape index (κ1) is 16.2. The van der Waals surface area contributed by atoms with Crippen molar-refractivity contribution in [2.75, 3.05) is 11.9 Å². The summed E-state index contributed by atoms with van der Waals surface area (Å²) in [7, 11) is 0. The van der Waals surface area contributed by atoms with Crippen LogP contribution in [0.1, 0.15) is 15.9 Å². The summed E-state index contributed by atoms with van der Waals surface area (Å²) in [6.07, 6.45) is 5.26. The van der Waals surface area contributed by atoms with Crippen LogP contribution in [0.15, 0.2) is 42.5 Å². The highest BCUT2D eigenvalue weighted by molar-refractivity contribution is 5.99. The number of anilines is 1. The fourth-order valence-corrected chi connectivity index (χ4v) is 1.82. The van der Waals surface area contributed by atoms with E-state index in [-0.39, 0.29) is 12.1 Å². The van der Waals surface area contributed by atoms with Gasteiger partial charge in [0.25, 0.3) is 5.91 Å². The van der Waals surface area contributed by atoms with Crippen LogP contribution in [0.3, 0.4) is 0 Å². The number of terminal acetylenes is 1. The Bertz CT molecular complexity index is 797. The van der Waals surface area contributed by atoms with Crippen molar-refractivity contribution in [3.8, 4) is 12.3 Å². The van der Waals surface area contributed by atoms with E-state index in [4.69, 9.17) is 6.42 Å². The number of hydrogen-bond acceptors (Lipinski definition) is 2. The van der Waals surface area contributed by atoms with Gasteiger partial charge in [0.15, 0.2) is 0 Å². The van der Waals surface area contributed by atoms with E-state index >= 15 is 0 Å². The summed E-state index contributed by atoms with van der Waals surface area (Å²) in [6.45, 7) is -0.365. The zero-order valence-electron chi connectivity index (χ0n) is 11.9. The molecule has 4 nitrogen and oxygen atoms in total. The molecule has 0 aliphatic carbocycles. The molecular weight excluding hydrogens is 302 g/mol. The molecule has 0 heterocycles. The lowest BCUT2D eigenvalue weighted by Crippen LogP contribution is -2.33. The summed E-state index contributed by atoms with van der Waals surface area (Å²) in [6, 6.07) is 9.18. The van der Waals surface area contributed by atoms with E-state index in [0.717, 1.165) is 12.1 Å². The van der Waals surface area contributed by atoms with Gasteiger partial charge in [0.05, 0.1) is 12.1 Å². The summed E-state index contributed by atoms with van der Waals surface area (Å²) >= 11 is 0. The van der Waals surface area contributed by atoms with Gasteiger partial charge < -0.3 is 10.6 Å². The molecule has 0 atom stereocenters. The Balaban J connectivity index is 1.93. The molecule has 0 unspecified atom stereocenters. The van der Waals surface area contributed by atoms with Crippen molar-refractivity contribution in [2.24, 2.45) is 0 Å². The standard InChI is InChI=1S/C17H12F2N2O2/c1-2-11-4-3-5-13(8-11)21-16(22)10-20-17(23)14-7-6-12(18)9-15(14)19/h1,3-9H,10H2,(H,20,23)(H,21,22). The zero-order valence-corrected chi connectivity index (χ0v) is 11.9. The molecule has 0 fully saturated rings. The van der Waals surface area contributed by atoms with Gasteiger partial charge in [-0.25, -0.2) is 8.78 Å². The van der Waals surface area contributed by atoms with Gasteiger partial charge in [-0.1, -0.05) is 12.0 Å². The van der Waals surface area contributed by atoms with E-state index in [1.165, 1.54) is 0 Å². The lowest BCUT2D eigenvalue weighted by molar-refractivity contribution is -0.115. The maximum atomic E-state index is 13.4. The predicted octanol–water partition coefficient (Wildman–Crippen LogP) is 2.31. The molecule has 23 heavy (non-hydrogen) atoms. The summed E-state index contributed by atoms with van der Waals surface area (Å²) in [5.74, 6) is -0.668. The van der Waals surface area contributed by atoms with E-state index in [1.807, 2.05) is 0 Å². The van der Waals surface area contributed by atoms with Gasteiger partial charge in [0.1, 0.15) is 11.6 Å². The SMILES string of the molecule is C#Cc1cccc(NC(=O)CNC(=O)c2ccc(F)cc2F)c1. The molecular formula is C17H12F2N2O2. The molecule has 0 aliphatic rings. The zero-order chi connectivity index (χ0) is 16.8. The minimum Gasteiger partial charge on any atom is -0.343 e. The van der Waals surface area contributed by atoms with E-state index in [9.17, 15) is 18.4 Å². The highest BCUT2D eigenvalue weighted by atomic mass is 19.1. The fraction of sp³-hybridized carbons (Fsp3) is 0.0588. The van der Waals surface area contributed by atoms with Gasteiger partial charge in [-0.05, 0) is 30.3 Å². The molecule has 0 radical (unpaired) electrons. The smallest absolute Gasteiger partial charge is 0.254 e. The van der Waals surface area contributed by atoms with Crippen molar-refractivity contribution in [1.29, 1.82) is 0 Å². The Morgan fingerprint density at radius 3 is 2.61 bits per heavy atom. The second kappa shape index (κ2) is 7.18. The van der Waals surface area contributed by atoms with Crippen molar-refractivity contribution in [3.05, 3.63) is 65.2 Å². The van der Waals surface area contributed by atoms with Crippen LogP contribution in [0.4, 0.5) is 14.5 Å². The van der Waals surface area contributed by atoms with Crippen LogP contribution in [-0.4, -0.2) is 18.4 Å². The fourth-order valence-electron chi connectivity index (χ4n) is 1.82. The Morgan fingerprint density at radius 2 is 1.91 bits per heavy atom. The van der Waals surface area contributed by atoms with Crippen molar-refractivity contribution in [3.63, 3.8) is 0 Å². The summed E-state index contributed by atoms with van der Waals surface area (Å²) in [4.78, 5) is 23.5. The van der Waals surface area contributed by atoms with Crippen molar-refractivity contribution < 1.29 is 18.4 Å². The number of rotatable bonds is 4. The minimum atomic E-state index is -0.996. The van der Waals surface area contributed by atoms with Gasteiger partial charge in [0, 0.05) is 17.3 Å². The van der Waals surface area contributed by atoms with Crippen LogP contribution in [0.25, 0.3) is 0 Å². The first-order valence-corrected chi connectivity index (χ1v) is 6.59. The number of nitrogens with one attached hydrogen (secondary N) is 2. The molecule has 0 aliphatic heterocycles. The van der Waals surface area contributed by atoms with Crippen LogP contribution in [0.5, 0.6) is 0 Å². The molecule has 2 rings (SSSR count). The monoisotopic (exact) mass is 314 g/mol. The number of carbonyl (C=O) groups is 2. The highest BCUT2D eigenvalue weighted by Gasteiger charge is 2.13. The normalized spacial score (nSPS) is 9.78. The topological polar surface area (TPSA) is 58.2 Å². The number of benzene rings is 2. The van der Waals surface area contributed by atoms with Crippen molar-refractivity contribution >= 4 is 17.5 Å². The van der Waals surface area contributed by atoms with Crippen LogP contribution in [-0.2, 0) is 4.79 Å². The number of halogens is 2. The third-order valence-corrected chi connectivity index (χ3v) is 2.90. The second-order valence-electron chi connectivity index (χ2n) is 4.58. The Hall–Kier alpha value is -3.20. The summed E-state index contributed by atoms with van der Waals surface area (Å²) in [5.41, 5.74) is 0.737. The first-order chi connectivity index (χ1) is 11.0. The molecule has 0 spiro atoms. The summed E-state index contributed by atoms with van der Waals surface area (Å²) in [5, 5.41) is 4.80. The van der Waals surface area contributed by atoms with Gasteiger partial charge in [-0.3, -0.25) is 9.59 Å².